The number of fused-ring (bicyclic) bond motifs is 1. The number of anilines is 2. The molecule has 1 amide bonds. The Morgan fingerprint density at radius 3 is 2.68 bits per heavy atom. The third-order valence-corrected chi connectivity index (χ3v) is 5.31. The van der Waals surface area contributed by atoms with Crippen LogP contribution in [-0.4, -0.2) is 34.7 Å². The number of nitrogen functional groups attached to an aromatic ring is 1. The number of nitrogens with two attached hydrogens (primary N) is 2. The molecule has 0 aliphatic carbocycles. The smallest absolute Gasteiger partial charge is 0.260 e. The van der Waals surface area contributed by atoms with Crippen LogP contribution < -0.4 is 16.4 Å². The second kappa shape index (κ2) is 5.85. The first-order chi connectivity index (χ1) is 12.0. The number of rotatable bonds is 3. The Labute approximate surface area is 146 Å². The first-order valence-electron chi connectivity index (χ1n) is 7.73. The van der Waals surface area contributed by atoms with E-state index in [9.17, 15) is 9.59 Å². The topological polar surface area (TPSA) is 128 Å². The summed E-state index contributed by atoms with van der Waals surface area (Å²) in [6.45, 7) is 1.14. The molecule has 8 nitrogen and oxygen atoms in total. The monoisotopic (exact) mass is 357 g/mol. The van der Waals surface area contributed by atoms with E-state index in [0.29, 0.717) is 47.8 Å². The van der Waals surface area contributed by atoms with E-state index in [1.54, 1.807) is 18.6 Å². The van der Waals surface area contributed by atoms with Crippen molar-refractivity contribution in [1.29, 1.82) is 0 Å². The Morgan fingerprint density at radius 1 is 1.28 bits per heavy atom. The lowest BCUT2D eigenvalue weighted by Crippen LogP contribution is -2.35. The number of hydrogen-bond acceptors (Lipinski definition) is 8. The molecule has 25 heavy (non-hydrogen) atoms. The molecule has 1 aliphatic rings. The summed E-state index contributed by atoms with van der Waals surface area (Å²) in [7, 11) is 0. The Morgan fingerprint density at radius 2 is 2.04 bits per heavy atom. The van der Waals surface area contributed by atoms with E-state index in [0.717, 1.165) is 16.9 Å². The lowest BCUT2D eigenvalue weighted by atomic mass is 10.1. The van der Waals surface area contributed by atoms with Gasteiger partial charge < -0.3 is 20.8 Å². The molecule has 3 aromatic rings. The van der Waals surface area contributed by atoms with Crippen LogP contribution in [0.25, 0.3) is 21.5 Å². The number of amides is 1. The summed E-state index contributed by atoms with van der Waals surface area (Å²) >= 11 is 1.15. The van der Waals surface area contributed by atoms with Crippen molar-refractivity contribution in [3.63, 3.8) is 0 Å². The van der Waals surface area contributed by atoms with Gasteiger partial charge in [-0.05, 0) is 6.07 Å². The molecule has 1 aliphatic heterocycles. The molecule has 4 rings (SSSR count). The molecule has 1 fully saturated rings. The third kappa shape index (κ3) is 2.62. The van der Waals surface area contributed by atoms with Gasteiger partial charge in [0, 0.05) is 31.5 Å². The summed E-state index contributed by atoms with van der Waals surface area (Å²) in [6, 6.07) is 1.77. The van der Waals surface area contributed by atoms with Gasteiger partial charge in [0.1, 0.15) is 15.5 Å². The van der Waals surface area contributed by atoms with Crippen molar-refractivity contribution in [3.05, 3.63) is 23.5 Å². The summed E-state index contributed by atoms with van der Waals surface area (Å²) < 4.78 is 5.16. The fourth-order valence-electron chi connectivity index (χ4n) is 2.90. The fraction of sp³-hybridized carbons (Fsp3) is 0.250. The normalized spacial score (nSPS) is 15.0. The molecule has 0 unspecified atom stereocenters. The number of carbonyl (C=O) groups is 2. The lowest BCUT2D eigenvalue weighted by molar-refractivity contribution is -0.119. The summed E-state index contributed by atoms with van der Waals surface area (Å²) in [5.74, 6) is 0.154. The molecule has 4 heterocycles. The van der Waals surface area contributed by atoms with Crippen LogP contribution in [0.15, 0.2) is 23.0 Å². The molecule has 9 heteroatoms. The number of ketones is 1. The highest BCUT2D eigenvalue weighted by Crippen LogP contribution is 2.39. The maximum absolute atomic E-state index is 11.6. The number of aromatic nitrogens is 2. The Balaban J connectivity index is 1.92. The maximum Gasteiger partial charge on any atom is 0.260 e. The second-order valence-electron chi connectivity index (χ2n) is 5.80. The Bertz CT molecular complexity index is 969. The number of primary amides is 1. The Hall–Kier alpha value is -2.94. The molecular weight excluding hydrogens is 342 g/mol. The van der Waals surface area contributed by atoms with Crippen molar-refractivity contribution in [2.45, 2.75) is 12.8 Å². The van der Waals surface area contributed by atoms with Crippen molar-refractivity contribution in [3.8, 4) is 11.3 Å². The molecule has 1 saturated heterocycles. The SMILES string of the molecule is NC(=O)c1sc2nc(N3CCC(=O)CC3)nc(-c3ccoc3)c2c1N. The minimum atomic E-state index is -0.594. The van der Waals surface area contributed by atoms with Crippen molar-refractivity contribution >= 4 is 44.9 Å². The van der Waals surface area contributed by atoms with Gasteiger partial charge >= 0.3 is 0 Å². The molecule has 3 aromatic heterocycles. The van der Waals surface area contributed by atoms with Crippen LogP contribution in [0.4, 0.5) is 11.6 Å². The van der Waals surface area contributed by atoms with Crippen LogP contribution in [0.2, 0.25) is 0 Å². The van der Waals surface area contributed by atoms with Gasteiger partial charge in [-0.2, -0.15) is 0 Å². The number of hydrogen-bond donors (Lipinski definition) is 2. The van der Waals surface area contributed by atoms with Crippen LogP contribution in [0.5, 0.6) is 0 Å². The van der Waals surface area contributed by atoms with Gasteiger partial charge in [-0.15, -0.1) is 11.3 Å². The van der Waals surface area contributed by atoms with Gasteiger partial charge in [-0.1, -0.05) is 0 Å². The maximum atomic E-state index is 11.6. The molecule has 0 spiro atoms. The first kappa shape index (κ1) is 15.6. The van der Waals surface area contributed by atoms with Gasteiger partial charge in [0.15, 0.2) is 0 Å². The molecule has 4 N–H and O–H groups in total. The van der Waals surface area contributed by atoms with Crippen molar-refractivity contribution in [2.75, 3.05) is 23.7 Å². The summed E-state index contributed by atoms with van der Waals surface area (Å²) in [6.07, 6.45) is 4.05. The summed E-state index contributed by atoms with van der Waals surface area (Å²) in [5.41, 5.74) is 13.2. The van der Waals surface area contributed by atoms with Crippen molar-refractivity contribution < 1.29 is 14.0 Å². The zero-order valence-electron chi connectivity index (χ0n) is 13.2. The fourth-order valence-corrected chi connectivity index (χ4v) is 3.84. The molecule has 0 radical (unpaired) electrons. The summed E-state index contributed by atoms with van der Waals surface area (Å²) in [5, 5.41) is 0.594. The van der Waals surface area contributed by atoms with E-state index in [4.69, 9.17) is 15.9 Å². The van der Waals surface area contributed by atoms with Gasteiger partial charge in [-0.25, -0.2) is 9.97 Å². The van der Waals surface area contributed by atoms with Crippen LogP contribution in [-0.2, 0) is 4.79 Å². The molecule has 0 aromatic carbocycles. The number of thiophene rings is 1. The number of piperidine rings is 1. The molecule has 128 valence electrons. The van der Waals surface area contributed by atoms with Gasteiger partial charge in [-0.3, -0.25) is 9.59 Å². The number of Topliss-reactive ketones (excluding diaryl/α,β-unsaturated/α-hetero) is 1. The third-order valence-electron chi connectivity index (χ3n) is 4.20. The zero-order valence-corrected chi connectivity index (χ0v) is 14.0. The van der Waals surface area contributed by atoms with E-state index >= 15 is 0 Å². The largest absolute Gasteiger partial charge is 0.472 e. The Kier molecular flexibility index (Phi) is 3.65. The number of furan rings is 1. The quantitative estimate of drug-likeness (QED) is 0.731. The van der Waals surface area contributed by atoms with Crippen molar-refractivity contribution in [1.82, 2.24) is 9.97 Å². The predicted molar refractivity (Wildman–Crippen MR) is 94.5 cm³/mol. The van der Waals surface area contributed by atoms with E-state index in [1.807, 2.05) is 4.90 Å². The van der Waals surface area contributed by atoms with Gasteiger partial charge in [0.2, 0.25) is 5.95 Å². The second-order valence-corrected chi connectivity index (χ2v) is 6.80. The molecular formula is C16H15N5O3S. The standard InChI is InChI=1S/C16H15N5O3S/c17-11-10-12(8-3-6-24-7-8)19-16(21-4-1-9(22)2-5-21)20-15(10)25-13(11)14(18)23/h3,6-7H,1-2,4-5,17H2,(H2,18,23). The van der Waals surface area contributed by atoms with Crippen molar-refractivity contribution in [2.24, 2.45) is 5.73 Å². The molecule has 0 bridgehead atoms. The summed E-state index contributed by atoms with van der Waals surface area (Å²) in [4.78, 5) is 35.2. The lowest BCUT2D eigenvalue weighted by Gasteiger charge is -2.26. The molecule has 0 saturated carbocycles. The van der Waals surface area contributed by atoms with Gasteiger partial charge in [0.25, 0.3) is 5.91 Å². The highest BCUT2D eigenvalue weighted by Gasteiger charge is 2.24. The molecule has 0 atom stereocenters. The zero-order chi connectivity index (χ0) is 17.6. The average Bonchev–Trinajstić information content (AvgIpc) is 3.23. The van der Waals surface area contributed by atoms with Crippen LogP contribution >= 0.6 is 11.3 Å². The minimum absolute atomic E-state index is 0.240. The van der Waals surface area contributed by atoms with Crippen LogP contribution in [0, 0.1) is 0 Å². The predicted octanol–water partition coefficient (Wildman–Crippen LogP) is 1.80. The number of nitrogens with zero attached hydrogens (tertiary/aromatic N) is 3. The highest BCUT2D eigenvalue weighted by atomic mass is 32.1. The van der Waals surface area contributed by atoms with Gasteiger partial charge in [0.05, 0.1) is 29.3 Å². The van der Waals surface area contributed by atoms with E-state index in [-0.39, 0.29) is 16.3 Å². The van der Waals surface area contributed by atoms with Crippen LogP contribution in [0.1, 0.15) is 22.5 Å². The minimum Gasteiger partial charge on any atom is -0.472 e. The van der Waals surface area contributed by atoms with Crippen LogP contribution in [0.3, 0.4) is 0 Å². The highest BCUT2D eigenvalue weighted by molar-refractivity contribution is 7.21. The van der Waals surface area contributed by atoms with E-state index in [2.05, 4.69) is 9.97 Å². The van der Waals surface area contributed by atoms with E-state index in [1.165, 1.54) is 0 Å². The first-order valence-corrected chi connectivity index (χ1v) is 8.55. The number of carbonyl (C=O) groups excluding carboxylic acids is 2. The average molecular weight is 357 g/mol. The van der Waals surface area contributed by atoms with E-state index < -0.39 is 5.91 Å².